The van der Waals surface area contributed by atoms with E-state index in [1.165, 1.54) is 5.56 Å². The van der Waals surface area contributed by atoms with Gasteiger partial charge in [-0.05, 0) is 38.6 Å². The number of benzene rings is 1. The van der Waals surface area contributed by atoms with Gasteiger partial charge in [0.2, 0.25) is 5.88 Å². The molecular weight excluding hydrogens is 236 g/mol. The molecule has 0 aliphatic heterocycles. The molecule has 0 saturated heterocycles. The summed E-state index contributed by atoms with van der Waals surface area (Å²) in [7, 11) is 0. The number of nitrogens with zero attached hydrogens (tertiary/aromatic N) is 1. The van der Waals surface area contributed by atoms with Crippen LogP contribution in [0.25, 0.3) is 0 Å². The SMILES string of the molecule is CCNC(C)c1cccnc1Oc1ccc(C)cc1. The van der Waals surface area contributed by atoms with Gasteiger partial charge < -0.3 is 10.1 Å². The van der Waals surface area contributed by atoms with Crippen molar-refractivity contribution in [1.82, 2.24) is 10.3 Å². The summed E-state index contributed by atoms with van der Waals surface area (Å²) in [5.74, 6) is 1.48. The fraction of sp³-hybridized carbons (Fsp3) is 0.312. The number of pyridine rings is 1. The van der Waals surface area contributed by atoms with Gasteiger partial charge in [0.1, 0.15) is 5.75 Å². The summed E-state index contributed by atoms with van der Waals surface area (Å²) in [6, 6.07) is 12.2. The van der Waals surface area contributed by atoms with Crippen LogP contribution in [-0.2, 0) is 0 Å². The van der Waals surface area contributed by atoms with Crippen molar-refractivity contribution in [1.29, 1.82) is 0 Å². The lowest BCUT2D eigenvalue weighted by atomic mass is 10.1. The summed E-state index contributed by atoms with van der Waals surface area (Å²) in [6.45, 7) is 7.18. The highest BCUT2D eigenvalue weighted by Gasteiger charge is 2.12. The van der Waals surface area contributed by atoms with E-state index in [0.717, 1.165) is 17.9 Å². The van der Waals surface area contributed by atoms with E-state index in [1.54, 1.807) is 6.20 Å². The van der Waals surface area contributed by atoms with Crippen LogP contribution in [-0.4, -0.2) is 11.5 Å². The van der Waals surface area contributed by atoms with Gasteiger partial charge in [-0.15, -0.1) is 0 Å². The van der Waals surface area contributed by atoms with Crippen LogP contribution in [0.5, 0.6) is 11.6 Å². The molecule has 1 aromatic heterocycles. The summed E-state index contributed by atoms with van der Waals surface area (Å²) in [5, 5.41) is 3.38. The second-order valence-electron chi connectivity index (χ2n) is 4.59. The Morgan fingerprint density at radius 2 is 1.95 bits per heavy atom. The van der Waals surface area contributed by atoms with Crippen molar-refractivity contribution < 1.29 is 4.74 Å². The van der Waals surface area contributed by atoms with Crippen LogP contribution in [0.15, 0.2) is 42.6 Å². The number of rotatable bonds is 5. The maximum atomic E-state index is 5.88. The van der Waals surface area contributed by atoms with Crippen LogP contribution in [0.1, 0.15) is 31.0 Å². The van der Waals surface area contributed by atoms with E-state index in [2.05, 4.69) is 31.1 Å². The summed E-state index contributed by atoms with van der Waals surface area (Å²) in [4.78, 5) is 4.34. The molecular formula is C16H20N2O. The molecule has 3 nitrogen and oxygen atoms in total. The van der Waals surface area contributed by atoms with Crippen molar-refractivity contribution in [2.24, 2.45) is 0 Å². The van der Waals surface area contributed by atoms with Crippen molar-refractivity contribution >= 4 is 0 Å². The molecule has 0 aliphatic carbocycles. The molecule has 2 rings (SSSR count). The quantitative estimate of drug-likeness (QED) is 0.882. The Balaban J connectivity index is 2.22. The van der Waals surface area contributed by atoms with E-state index in [1.807, 2.05) is 36.4 Å². The normalized spacial score (nSPS) is 12.2. The molecule has 0 aliphatic rings. The van der Waals surface area contributed by atoms with E-state index in [4.69, 9.17) is 4.74 Å². The first-order valence-corrected chi connectivity index (χ1v) is 6.63. The third-order valence-corrected chi connectivity index (χ3v) is 3.01. The van der Waals surface area contributed by atoms with Crippen LogP contribution >= 0.6 is 0 Å². The van der Waals surface area contributed by atoms with Gasteiger partial charge >= 0.3 is 0 Å². The molecule has 1 N–H and O–H groups in total. The zero-order chi connectivity index (χ0) is 13.7. The lowest BCUT2D eigenvalue weighted by Gasteiger charge is -2.16. The largest absolute Gasteiger partial charge is 0.439 e. The molecule has 0 radical (unpaired) electrons. The average molecular weight is 256 g/mol. The molecule has 0 spiro atoms. The van der Waals surface area contributed by atoms with Gasteiger partial charge in [0, 0.05) is 17.8 Å². The predicted molar refractivity (Wildman–Crippen MR) is 77.6 cm³/mol. The highest BCUT2D eigenvalue weighted by Crippen LogP contribution is 2.27. The van der Waals surface area contributed by atoms with Crippen molar-refractivity contribution in [3.05, 3.63) is 53.7 Å². The molecule has 1 heterocycles. The standard InChI is InChI=1S/C16H20N2O/c1-4-17-13(3)15-6-5-11-18-16(15)19-14-9-7-12(2)8-10-14/h5-11,13,17H,4H2,1-3H3. The van der Waals surface area contributed by atoms with Gasteiger partial charge in [0.05, 0.1) is 0 Å². The van der Waals surface area contributed by atoms with E-state index >= 15 is 0 Å². The topological polar surface area (TPSA) is 34.2 Å². The van der Waals surface area contributed by atoms with E-state index in [0.29, 0.717) is 5.88 Å². The Kier molecular flexibility index (Phi) is 4.53. The smallest absolute Gasteiger partial charge is 0.223 e. The highest BCUT2D eigenvalue weighted by molar-refractivity contribution is 5.35. The second kappa shape index (κ2) is 6.34. The molecule has 1 unspecified atom stereocenters. The molecule has 2 aromatic rings. The van der Waals surface area contributed by atoms with E-state index in [9.17, 15) is 0 Å². The first-order chi connectivity index (χ1) is 9.20. The molecule has 0 bridgehead atoms. The highest BCUT2D eigenvalue weighted by atomic mass is 16.5. The van der Waals surface area contributed by atoms with Crippen LogP contribution in [0.4, 0.5) is 0 Å². The Hall–Kier alpha value is -1.87. The molecule has 100 valence electrons. The molecule has 3 heteroatoms. The third-order valence-electron chi connectivity index (χ3n) is 3.01. The Morgan fingerprint density at radius 3 is 2.63 bits per heavy atom. The second-order valence-corrected chi connectivity index (χ2v) is 4.59. The zero-order valence-corrected chi connectivity index (χ0v) is 11.7. The van der Waals surface area contributed by atoms with Gasteiger partial charge in [-0.3, -0.25) is 0 Å². The maximum absolute atomic E-state index is 5.88. The number of aromatic nitrogens is 1. The van der Waals surface area contributed by atoms with Crippen LogP contribution in [0.2, 0.25) is 0 Å². The number of hydrogen-bond acceptors (Lipinski definition) is 3. The molecule has 0 fully saturated rings. The molecule has 1 aromatic carbocycles. The lowest BCUT2D eigenvalue weighted by Crippen LogP contribution is -2.18. The number of nitrogens with one attached hydrogen (secondary N) is 1. The van der Waals surface area contributed by atoms with Crippen molar-refractivity contribution in [3.8, 4) is 11.6 Å². The molecule has 0 amide bonds. The molecule has 19 heavy (non-hydrogen) atoms. The minimum Gasteiger partial charge on any atom is -0.439 e. The Bertz CT molecular complexity index is 523. The predicted octanol–water partition coefficient (Wildman–Crippen LogP) is 3.85. The summed E-state index contributed by atoms with van der Waals surface area (Å²) < 4.78 is 5.88. The number of aryl methyl sites for hydroxylation is 1. The lowest BCUT2D eigenvalue weighted by molar-refractivity contribution is 0.444. The monoisotopic (exact) mass is 256 g/mol. The van der Waals surface area contributed by atoms with Crippen LogP contribution in [0.3, 0.4) is 0 Å². The average Bonchev–Trinajstić information content (AvgIpc) is 2.42. The van der Waals surface area contributed by atoms with Gasteiger partial charge in [0.15, 0.2) is 0 Å². The van der Waals surface area contributed by atoms with E-state index in [-0.39, 0.29) is 6.04 Å². The fourth-order valence-electron chi connectivity index (χ4n) is 1.95. The van der Waals surface area contributed by atoms with Gasteiger partial charge in [0.25, 0.3) is 0 Å². The van der Waals surface area contributed by atoms with Crippen molar-refractivity contribution in [2.45, 2.75) is 26.8 Å². The first-order valence-electron chi connectivity index (χ1n) is 6.63. The zero-order valence-electron chi connectivity index (χ0n) is 11.7. The van der Waals surface area contributed by atoms with Crippen molar-refractivity contribution in [3.63, 3.8) is 0 Å². The summed E-state index contributed by atoms with van der Waals surface area (Å²) in [5.41, 5.74) is 2.29. The van der Waals surface area contributed by atoms with Gasteiger partial charge in [-0.2, -0.15) is 0 Å². The maximum Gasteiger partial charge on any atom is 0.223 e. The molecule has 0 saturated carbocycles. The minimum atomic E-state index is 0.221. The molecule has 1 atom stereocenters. The third kappa shape index (κ3) is 3.55. The van der Waals surface area contributed by atoms with Crippen LogP contribution in [0, 0.1) is 6.92 Å². The summed E-state index contributed by atoms with van der Waals surface area (Å²) >= 11 is 0. The van der Waals surface area contributed by atoms with Gasteiger partial charge in [-0.1, -0.05) is 30.7 Å². The summed E-state index contributed by atoms with van der Waals surface area (Å²) in [6.07, 6.45) is 1.76. The van der Waals surface area contributed by atoms with Gasteiger partial charge in [-0.25, -0.2) is 4.98 Å². The fourth-order valence-corrected chi connectivity index (χ4v) is 1.95. The Labute approximate surface area is 114 Å². The van der Waals surface area contributed by atoms with Crippen molar-refractivity contribution in [2.75, 3.05) is 6.54 Å². The Morgan fingerprint density at radius 1 is 1.21 bits per heavy atom. The van der Waals surface area contributed by atoms with Crippen LogP contribution < -0.4 is 10.1 Å². The number of hydrogen-bond donors (Lipinski definition) is 1. The number of ether oxygens (including phenoxy) is 1. The van der Waals surface area contributed by atoms with E-state index < -0.39 is 0 Å². The minimum absolute atomic E-state index is 0.221. The first kappa shape index (κ1) is 13.6.